The number of pyridine rings is 1. The van der Waals surface area contributed by atoms with Gasteiger partial charge in [0.05, 0.1) is 16.9 Å². The molecule has 2 rings (SSSR count). The fourth-order valence-corrected chi connectivity index (χ4v) is 2.35. The lowest BCUT2D eigenvalue weighted by Crippen LogP contribution is -2.48. The third-order valence-electron chi connectivity index (χ3n) is 3.39. The lowest BCUT2D eigenvalue weighted by molar-refractivity contribution is -0.0109. The summed E-state index contributed by atoms with van der Waals surface area (Å²) >= 11 is 0. The number of aryl methyl sites for hydroxylation is 1. The Kier molecular flexibility index (Phi) is 3.54. The molecule has 0 saturated carbocycles. The van der Waals surface area contributed by atoms with Gasteiger partial charge in [-0.15, -0.1) is 0 Å². The van der Waals surface area contributed by atoms with Gasteiger partial charge in [-0.05, 0) is 38.8 Å². The molecule has 1 amide bonds. The van der Waals surface area contributed by atoms with Crippen molar-refractivity contribution in [2.45, 2.75) is 32.3 Å². The Bertz CT molecular complexity index is 546. The number of carbonyl (C=O) groups is 1. The van der Waals surface area contributed by atoms with Crippen LogP contribution >= 0.6 is 0 Å². The molecule has 1 N–H and O–H groups in total. The van der Waals surface area contributed by atoms with Crippen molar-refractivity contribution >= 4 is 5.91 Å². The second kappa shape index (κ2) is 4.98. The van der Waals surface area contributed by atoms with Crippen LogP contribution in [0.3, 0.4) is 0 Å². The van der Waals surface area contributed by atoms with Gasteiger partial charge in [0.15, 0.2) is 0 Å². The van der Waals surface area contributed by atoms with Crippen LogP contribution in [0.15, 0.2) is 12.1 Å². The number of aromatic nitrogens is 1. The first-order valence-electron chi connectivity index (χ1n) is 6.32. The number of piperidine rings is 1. The van der Waals surface area contributed by atoms with Crippen LogP contribution in [0.1, 0.15) is 41.5 Å². The molecule has 1 saturated heterocycles. The van der Waals surface area contributed by atoms with Gasteiger partial charge >= 0.3 is 0 Å². The summed E-state index contributed by atoms with van der Waals surface area (Å²) in [6.45, 7) is 4.41. The van der Waals surface area contributed by atoms with Crippen molar-refractivity contribution in [1.82, 2.24) is 9.88 Å². The Morgan fingerprint density at radius 1 is 1.58 bits per heavy atom. The lowest BCUT2D eigenvalue weighted by atomic mass is 9.95. The summed E-state index contributed by atoms with van der Waals surface area (Å²) in [5.74, 6) is -0.187. The van der Waals surface area contributed by atoms with E-state index in [1.807, 2.05) is 6.07 Å². The minimum Gasteiger partial charge on any atom is -0.388 e. The molecule has 1 aromatic rings. The first-order valence-corrected chi connectivity index (χ1v) is 6.32. The molecular formula is C14H17N3O2. The highest BCUT2D eigenvalue weighted by atomic mass is 16.3. The second-order valence-corrected chi connectivity index (χ2v) is 5.27. The number of hydrogen-bond acceptors (Lipinski definition) is 4. The molecular weight excluding hydrogens is 242 g/mol. The summed E-state index contributed by atoms with van der Waals surface area (Å²) in [6, 6.07) is 5.20. The molecule has 2 heterocycles. The van der Waals surface area contributed by atoms with E-state index in [1.54, 1.807) is 30.9 Å². The third-order valence-corrected chi connectivity index (χ3v) is 3.39. The molecule has 0 aliphatic carbocycles. The molecule has 1 aromatic heterocycles. The van der Waals surface area contributed by atoms with Gasteiger partial charge < -0.3 is 10.0 Å². The van der Waals surface area contributed by atoms with Gasteiger partial charge in [0, 0.05) is 13.1 Å². The molecule has 1 atom stereocenters. The van der Waals surface area contributed by atoms with Crippen LogP contribution in [-0.2, 0) is 0 Å². The third kappa shape index (κ3) is 2.91. The molecule has 19 heavy (non-hydrogen) atoms. The molecule has 5 nitrogen and oxygen atoms in total. The van der Waals surface area contributed by atoms with Gasteiger partial charge in [0.25, 0.3) is 5.91 Å². The maximum Gasteiger partial charge on any atom is 0.272 e. The number of β-amino-alcohol motifs (C(OH)–C–C–N with tert-alkyl or cyclic N) is 1. The summed E-state index contributed by atoms with van der Waals surface area (Å²) in [7, 11) is 0. The normalized spacial score (nSPS) is 22.9. The highest BCUT2D eigenvalue weighted by molar-refractivity contribution is 5.92. The highest BCUT2D eigenvalue weighted by Gasteiger charge is 2.31. The molecule has 100 valence electrons. The molecule has 0 aromatic carbocycles. The number of carbonyl (C=O) groups excluding carboxylic acids is 1. The maximum absolute atomic E-state index is 12.3. The van der Waals surface area contributed by atoms with Gasteiger partial charge in [-0.3, -0.25) is 4.79 Å². The first-order chi connectivity index (χ1) is 8.93. The van der Waals surface area contributed by atoms with Crippen LogP contribution in [0.5, 0.6) is 0 Å². The Hall–Kier alpha value is -1.93. The minimum absolute atomic E-state index is 0.187. The van der Waals surface area contributed by atoms with Crippen LogP contribution in [-0.4, -0.2) is 39.6 Å². The predicted molar refractivity (Wildman–Crippen MR) is 69.5 cm³/mol. The Morgan fingerprint density at radius 2 is 2.32 bits per heavy atom. The van der Waals surface area contributed by atoms with Gasteiger partial charge in [-0.25, -0.2) is 4.98 Å². The Labute approximate surface area is 112 Å². The van der Waals surface area contributed by atoms with E-state index < -0.39 is 5.60 Å². The SMILES string of the molecule is Cc1nc(C(=O)N2CCCC(C)(O)C2)ccc1C#N. The second-order valence-electron chi connectivity index (χ2n) is 5.27. The zero-order valence-corrected chi connectivity index (χ0v) is 11.2. The van der Waals surface area contributed by atoms with Crippen LogP contribution in [0.25, 0.3) is 0 Å². The molecule has 1 unspecified atom stereocenters. The maximum atomic E-state index is 12.3. The number of hydrogen-bond donors (Lipinski definition) is 1. The molecule has 0 bridgehead atoms. The summed E-state index contributed by atoms with van der Waals surface area (Å²) in [4.78, 5) is 18.1. The van der Waals surface area contributed by atoms with Crippen molar-refractivity contribution in [2.75, 3.05) is 13.1 Å². The van der Waals surface area contributed by atoms with Gasteiger partial charge in [-0.2, -0.15) is 5.26 Å². The van der Waals surface area contributed by atoms with Crippen molar-refractivity contribution < 1.29 is 9.90 Å². The molecule has 1 aliphatic rings. The van der Waals surface area contributed by atoms with Crippen molar-refractivity contribution in [3.05, 3.63) is 29.1 Å². The fraction of sp³-hybridized carbons (Fsp3) is 0.500. The minimum atomic E-state index is -0.824. The van der Waals surface area contributed by atoms with Crippen molar-refractivity contribution in [3.63, 3.8) is 0 Å². The van der Waals surface area contributed by atoms with Crippen LogP contribution in [0.4, 0.5) is 0 Å². The number of rotatable bonds is 1. The van der Waals surface area contributed by atoms with Gasteiger partial charge in [0.2, 0.25) is 0 Å². The van der Waals surface area contributed by atoms with Gasteiger partial charge in [-0.1, -0.05) is 0 Å². The van der Waals surface area contributed by atoms with Crippen molar-refractivity contribution in [1.29, 1.82) is 5.26 Å². The molecule has 1 fully saturated rings. The number of nitrogens with zero attached hydrogens (tertiary/aromatic N) is 3. The van der Waals surface area contributed by atoms with E-state index in [4.69, 9.17) is 5.26 Å². The molecule has 0 spiro atoms. The smallest absolute Gasteiger partial charge is 0.272 e. The number of aliphatic hydroxyl groups is 1. The van der Waals surface area contributed by atoms with Gasteiger partial charge in [0.1, 0.15) is 11.8 Å². The highest BCUT2D eigenvalue weighted by Crippen LogP contribution is 2.21. The van der Waals surface area contributed by atoms with E-state index in [0.29, 0.717) is 36.5 Å². The van der Waals surface area contributed by atoms with E-state index in [0.717, 1.165) is 6.42 Å². The van der Waals surface area contributed by atoms with E-state index in [9.17, 15) is 9.90 Å². The zero-order valence-electron chi connectivity index (χ0n) is 11.2. The summed E-state index contributed by atoms with van der Waals surface area (Å²) in [5, 5.41) is 18.9. The van der Waals surface area contributed by atoms with Crippen molar-refractivity contribution in [2.24, 2.45) is 0 Å². The Balaban J connectivity index is 2.20. The van der Waals surface area contributed by atoms with Crippen LogP contribution in [0, 0.1) is 18.3 Å². The zero-order chi connectivity index (χ0) is 14.0. The number of likely N-dealkylation sites (tertiary alicyclic amines) is 1. The number of nitriles is 1. The average Bonchev–Trinajstić information content (AvgIpc) is 2.36. The monoisotopic (exact) mass is 259 g/mol. The first kappa shape index (κ1) is 13.5. The largest absolute Gasteiger partial charge is 0.388 e. The molecule has 5 heteroatoms. The van der Waals surface area contributed by atoms with E-state index >= 15 is 0 Å². The average molecular weight is 259 g/mol. The summed E-state index contributed by atoms with van der Waals surface area (Å²) in [6.07, 6.45) is 1.49. The summed E-state index contributed by atoms with van der Waals surface area (Å²) in [5.41, 5.74) is 0.531. The van der Waals surface area contributed by atoms with E-state index in [2.05, 4.69) is 4.98 Å². The van der Waals surface area contributed by atoms with Crippen molar-refractivity contribution in [3.8, 4) is 6.07 Å². The Morgan fingerprint density at radius 3 is 2.89 bits per heavy atom. The van der Waals surface area contributed by atoms with E-state index in [-0.39, 0.29) is 5.91 Å². The quantitative estimate of drug-likeness (QED) is 0.823. The molecule has 0 radical (unpaired) electrons. The van der Waals surface area contributed by atoms with Crippen LogP contribution in [0.2, 0.25) is 0 Å². The van der Waals surface area contributed by atoms with Crippen LogP contribution < -0.4 is 0 Å². The lowest BCUT2D eigenvalue weighted by Gasteiger charge is -2.36. The molecule has 1 aliphatic heterocycles. The standard InChI is InChI=1S/C14H17N3O2/c1-10-11(8-15)4-5-12(16-10)13(18)17-7-3-6-14(2,19)9-17/h4-5,19H,3,6-7,9H2,1-2H3. The number of amides is 1. The fourth-order valence-electron chi connectivity index (χ4n) is 2.35. The topological polar surface area (TPSA) is 77.2 Å². The predicted octanol–water partition coefficient (Wildman–Crippen LogP) is 1.25. The van der Waals surface area contributed by atoms with E-state index in [1.165, 1.54) is 0 Å². The summed E-state index contributed by atoms with van der Waals surface area (Å²) < 4.78 is 0.